The molecular formula is C13H13ClN2O. The molecule has 17 heavy (non-hydrogen) atoms. The molecule has 0 saturated carbocycles. The lowest BCUT2D eigenvalue weighted by molar-refractivity contribution is 0.0211. The minimum atomic E-state index is 0.360. The van der Waals surface area contributed by atoms with Crippen molar-refractivity contribution in [2.75, 3.05) is 18.5 Å². The fourth-order valence-corrected chi connectivity index (χ4v) is 2.37. The highest BCUT2D eigenvalue weighted by Gasteiger charge is 2.20. The number of hydrogen-bond acceptors (Lipinski definition) is 3. The number of aromatic nitrogens is 1. The highest BCUT2D eigenvalue weighted by atomic mass is 35.5. The van der Waals surface area contributed by atoms with Crippen molar-refractivity contribution in [2.24, 2.45) is 0 Å². The predicted molar refractivity (Wildman–Crippen MR) is 69.7 cm³/mol. The normalized spacial score (nSPS) is 15.9. The van der Waals surface area contributed by atoms with Crippen molar-refractivity contribution in [3.63, 3.8) is 0 Å². The molecule has 88 valence electrons. The number of nitrogens with zero attached hydrogens (tertiary/aromatic N) is 1. The third-order valence-electron chi connectivity index (χ3n) is 3.02. The third kappa shape index (κ3) is 1.85. The maximum atomic E-state index is 6.30. The number of halogens is 1. The molecule has 0 spiro atoms. The van der Waals surface area contributed by atoms with E-state index in [0.717, 1.165) is 40.4 Å². The Morgan fingerprint density at radius 3 is 3.00 bits per heavy atom. The Morgan fingerprint density at radius 1 is 1.47 bits per heavy atom. The van der Waals surface area contributed by atoms with Crippen molar-refractivity contribution < 1.29 is 4.74 Å². The zero-order valence-electron chi connectivity index (χ0n) is 9.53. The van der Waals surface area contributed by atoms with Crippen molar-refractivity contribution in [1.29, 1.82) is 0 Å². The van der Waals surface area contributed by atoms with Crippen LogP contribution in [0.1, 0.15) is 5.56 Å². The van der Waals surface area contributed by atoms with Gasteiger partial charge in [0.2, 0.25) is 0 Å². The van der Waals surface area contributed by atoms with E-state index in [-0.39, 0.29) is 0 Å². The first kappa shape index (κ1) is 10.8. The van der Waals surface area contributed by atoms with Gasteiger partial charge in [-0.15, -0.1) is 0 Å². The van der Waals surface area contributed by atoms with Crippen LogP contribution in [0.25, 0.3) is 10.9 Å². The summed E-state index contributed by atoms with van der Waals surface area (Å²) in [4.78, 5) is 4.40. The molecule has 0 atom stereocenters. The molecule has 1 aromatic heterocycles. The molecule has 0 aliphatic carbocycles. The lowest BCUT2D eigenvalue weighted by Gasteiger charge is -2.29. The van der Waals surface area contributed by atoms with Crippen LogP contribution < -0.4 is 5.32 Å². The van der Waals surface area contributed by atoms with Gasteiger partial charge < -0.3 is 10.1 Å². The third-order valence-corrected chi connectivity index (χ3v) is 3.32. The number of rotatable bonds is 2. The standard InChI is InChI=1S/C13H13ClN2O/c1-8-5-11(14)13(16-9-6-17-7-9)10-3-2-4-15-12(8)10/h2-5,9,16H,6-7H2,1H3. The minimum Gasteiger partial charge on any atom is -0.377 e. The molecule has 1 aliphatic heterocycles. The van der Waals surface area contributed by atoms with Gasteiger partial charge in [0, 0.05) is 11.6 Å². The molecule has 1 aromatic carbocycles. The number of pyridine rings is 1. The van der Waals surface area contributed by atoms with Gasteiger partial charge in [-0.25, -0.2) is 0 Å². The minimum absolute atomic E-state index is 0.360. The molecular weight excluding hydrogens is 236 g/mol. The zero-order chi connectivity index (χ0) is 11.8. The first-order valence-electron chi connectivity index (χ1n) is 5.64. The smallest absolute Gasteiger partial charge is 0.0752 e. The molecule has 0 bridgehead atoms. The first-order chi connectivity index (χ1) is 8.25. The molecule has 0 amide bonds. The van der Waals surface area contributed by atoms with Gasteiger partial charge >= 0.3 is 0 Å². The Morgan fingerprint density at radius 2 is 2.29 bits per heavy atom. The number of anilines is 1. The van der Waals surface area contributed by atoms with E-state index >= 15 is 0 Å². The van der Waals surface area contributed by atoms with Crippen LogP contribution in [0.4, 0.5) is 5.69 Å². The molecule has 0 radical (unpaired) electrons. The van der Waals surface area contributed by atoms with Crippen LogP contribution in [-0.2, 0) is 4.74 Å². The second kappa shape index (κ2) is 4.17. The van der Waals surface area contributed by atoms with E-state index in [1.807, 2.05) is 25.1 Å². The SMILES string of the molecule is Cc1cc(Cl)c(NC2COC2)c2cccnc12. The van der Waals surface area contributed by atoms with Crippen LogP contribution in [-0.4, -0.2) is 24.2 Å². The quantitative estimate of drug-likeness (QED) is 0.887. The topological polar surface area (TPSA) is 34.1 Å². The van der Waals surface area contributed by atoms with Crippen molar-refractivity contribution >= 4 is 28.2 Å². The van der Waals surface area contributed by atoms with Gasteiger partial charge in [-0.05, 0) is 30.7 Å². The lowest BCUT2D eigenvalue weighted by atomic mass is 10.1. The van der Waals surface area contributed by atoms with E-state index in [0.29, 0.717) is 6.04 Å². The number of ether oxygens (including phenoxy) is 1. The van der Waals surface area contributed by atoms with E-state index < -0.39 is 0 Å². The van der Waals surface area contributed by atoms with Crippen molar-refractivity contribution in [3.05, 3.63) is 35.0 Å². The summed E-state index contributed by atoms with van der Waals surface area (Å²) in [5.74, 6) is 0. The fourth-order valence-electron chi connectivity index (χ4n) is 2.05. The molecule has 0 unspecified atom stereocenters. The van der Waals surface area contributed by atoms with E-state index in [1.165, 1.54) is 0 Å². The van der Waals surface area contributed by atoms with E-state index in [1.54, 1.807) is 6.20 Å². The first-order valence-corrected chi connectivity index (χ1v) is 6.01. The monoisotopic (exact) mass is 248 g/mol. The molecule has 1 saturated heterocycles. The largest absolute Gasteiger partial charge is 0.377 e. The van der Waals surface area contributed by atoms with Crippen LogP contribution in [0.5, 0.6) is 0 Å². The van der Waals surface area contributed by atoms with Gasteiger partial charge in [0.1, 0.15) is 0 Å². The number of aryl methyl sites for hydroxylation is 1. The Kier molecular flexibility index (Phi) is 2.65. The fraction of sp³-hybridized carbons (Fsp3) is 0.308. The van der Waals surface area contributed by atoms with Crippen molar-refractivity contribution in [2.45, 2.75) is 13.0 Å². The van der Waals surface area contributed by atoms with Crippen LogP contribution in [0, 0.1) is 6.92 Å². The summed E-state index contributed by atoms with van der Waals surface area (Å²) in [7, 11) is 0. The molecule has 1 aliphatic rings. The van der Waals surface area contributed by atoms with Gasteiger partial charge in [0.05, 0.1) is 35.5 Å². The average molecular weight is 249 g/mol. The Labute approximate surface area is 105 Å². The van der Waals surface area contributed by atoms with Gasteiger partial charge in [-0.3, -0.25) is 4.98 Å². The highest BCUT2D eigenvalue weighted by molar-refractivity contribution is 6.35. The van der Waals surface area contributed by atoms with E-state index in [9.17, 15) is 0 Å². The number of hydrogen-bond donors (Lipinski definition) is 1. The van der Waals surface area contributed by atoms with Crippen molar-refractivity contribution in [1.82, 2.24) is 4.98 Å². The van der Waals surface area contributed by atoms with Crippen LogP contribution in [0.15, 0.2) is 24.4 Å². The molecule has 1 N–H and O–H groups in total. The number of fused-ring (bicyclic) bond motifs is 1. The van der Waals surface area contributed by atoms with Gasteiger partial charge in [0.15, 0.2) is 0 Å². The molecule has 2 aromatic rings. The molecule has 1 fully saturated rings. The summed E-state index contributed by atoms with van der Waals surface area (Å²) >= 11 is 6.30. The number of benzene rings is 1. The maximum Gasteiger partial charge on any atom is 0.0752 e. The number of nitrogens with one attached hydrogen (secondary N) is 1. The summed E-state index contributed by atoms with van der Waals surface area (Å²) < 4.78 is 5.16. The van der Waals surface area contributed by atoms with Crippen LogP contribution in [0.3, 0.4) is 0 Å². The maximum absolute atomic E-state index is 6.30. The van der Waals surface area contributed by atoms with Gasteiger partial charge in [-0.2, -0.15) is 0 Å². The Bertz CT molecular complexity index is 567. The molecule has 3 rings (SSSR count). The van der Waals surface area contributed by atoms with Crippen LogP contribution >= 0.6 is 11.6 Å². The lowest BCUT2D eigenvalue weighted by Crippen LogP contribution is -2.40. The second-order valence-corrected chi connectivity index (χ2v) is 4.74. The highest BCUT2D eigenvalue weighted by Crippen LogP contribution is 2.33. The molecule has 3 nitrogen and oxygen atoms in total. The zero-order valence-corrected chi connectivity index (χ0v) is 10.3. The predicted octanol–water partition coefficient (Wildman–Crippen LogP) is 3.01. The summed E-state index contributed by atoms with van der Waals surface area (Å²) in [6, 6.07) is 6.29. The summed E-state index contributed by atoms with van der Waals surface area (Å²) in [6.45, 7) is 3.51. The summed E-state index contributed by atoms with van der Waals surface area (Å²) in [5.41, 5.74) is 3.06. The summed E-state index contributed by atoms with van der Waals surface area (Å²) in [6.07, 6.45) is 1.81. The van der Waals surface area contributed by atoms with Crippen LogP contribution in [0.2, 0.25) is 5.02 Å². The summed E-state index contributed by atoms with van der Waals surface area (Å²) in [5, 5.41) is 5.24. The average Bonchev–Trinajstić information content (AvgIpc) is 2.26. The van der Waals surface area contributed by atoms with Gasteiger partial charge in [0.25, 0.3) is 0 Å². The Hall–Kier alpha value is -1.32. The Balaban J connectivity index is 2.14. The van der Waals surface area contributed by atoms with E-state index in [4.69, 9.17) is 16.3 Å². The van der Waals surface area contributed by atoms with E-state index in [2.05, 4.69) is 10.3 Å². The molecule has 2 heterocycles. The van der Waals surface area contributed by atoms with Gasteiger partial charge in [-0.1, -0.05) is 11.6 Å². The molecule has 4 heteroatoms. The van der Waals surface area contributed by atoms with Crippen molar-refractivity contribution in [3.8, 4) is 0 Å². The second-order valence-electron chi connectivity index (χ2n) is 4.33.